The number of ether oxygens (including phenoxy) is 1. The molecule has 0 saturated carbocycles. The van der Waals surface area contributed by atoms with Crippen molar-refractivity contribution in [1.82, 2.24) is 15.1 Å². The molecule has 11 heteroatoms. The first-order chi connectivity index (χ1) is 13.3. The number of alkyl halides is 2. The molecule has 0 aliphatic rings. The molecule has 0 radical (unpaired) electrons. The SMILES string of the molecule is CN(C)CCNC(=O)c1cc(COC(=O)N(CCCl)CCCl)ccc1[N+](=O)[O-]. The van der Waals surface area contributed by atoms with Crippen LogP contribution in [0.15, 0.2) is 18.2 Å². The molecule has 1 aromatic carbocycles. The van der Waals surface area contributed by atoms with Gasteiger partial charge in [0.25, 0.3) is 11.6 Å². The van der Waals surface area contributed by atoms with Crippen LogP contribution in [0.5, 0.6) is 0 Å². The van der Waals surface area contributed by atoms with Crippen LogP contribution in [-0.2, 0) is 11.3 Å². The van der Waals surface area contributed by atoms with Gasteiger partial charge in [0.15, 0.2) is 0 Å². The molecule has 0 fully saturated rings. The lowest BCUT2D eigenvalue weighted by Crippen LogP contribution is -2.34. The predicted octanol–water partition coefficient (Wildman–Crippen LogP) is 2.30. The van der Waals surface area contributed by atoms with Crippen molar-refractivity contribution in [3.8, 4) is 0 Å². The molecule has 0 spiro atoms. The Morgan fingerprint density at radius 3 is 2.36 bits per heavy atom. The fraction of sp³-hybridized carbons (Fsp3) is 0.529. The molecule has 1 rings (SSSR count). The van der Waals surface area contributed by atoms with Crippen LogP contribution in [-0.4, -0.2) is 78.8 Å². The third kappa shape index (κ3) is 7.87. The maximum Gasteiger partial charge on any atom is 0.410 e. The second-order valence-electron chi connectivity index (χ2n) is 6.09. The maximum atomic E-state index is 12.3. The van der Waals surface area contributed by atoms with Crippen LogP contribution < -0.4 is 5.32 Å². The number of amides is 2. The Morgan fingerprint density at radius 2 is 1.82 bits per heavy atom. The average Bonchev–Trinajstić information content (AvgIpc) is 2.65. The topological polar surface area (TPSA) is 105 Å². The van der Waals surface area contributed by atoms with Crippen LogP contribution in [0.25, 0.3) is 0 Å². The van der Waals surface area contributed by atoms with E-state index < -0.39 is 16.9 Å². The van der Waals surface area contributed by atoms with Gasteiger partial charge in [-0.05, 0) is 31.8 Å². The first kappa shape index (κ1) is 23.9. The average molecular weight is 435 g/mol. The molecule has 9 nitrogen and oxygen atoms in total. The van der Waals surface area contributed by atoms with E-state index in [1.165, 1.54) is 23.1 Å². The quantitative estimate of drug-likeness (QED) is 0.325. The Bertz CT molecular complexity index is 682. The normalized spacial score (nSPS) is 10.6. The molecular formula is C17H24Cl2N4O5. The van der Waals surface area contributed by atoms with Gasteiger partial charge in [0, 0.05) is 44.0 Å². The number of nitrogens with one attached hydrogen (secondary N) is 1. The number of hydrogen-bond acceptors (Lipinski definition) is 6. The maximum absolute atomic E-state index is 12.3. The van der Waals surface area contributed by atoms with Crippen molar-refractivity contribution in [2.45, 2.75) is 6.61 Å². The second kappa shape index (κ2) is 12.4. The highest BCUT2D eigenvalue weighted by Gasteiger charge is 2.21. The zero-order valence-electron chi connectivity index (χ0n) is 15.8. The summed E-state index contributed by atoms with van der Waals surface area (Å²) in [5.74, 6) is -0.0886. The van der Waals surface area contributed by atoms with E-state index in [1.54, 1.807) is 0 Å². The molecular weight excluding hydrogens is 411 g/mol. The van der Waals surface area contributed by atoms with Gasteiger partial charge in [0.05, 0.1) is 4.92 Å². The van der Waals surface area contributed by atoms with Gasteiger partial charge in [0.2, 0.25) is 0 Å². The van der Waals surface area contributed by atoms with Crippen molar-refractivity contribution in [3.63, 3.8) is 0 Å². The van der Waals surface area contributed by atoms with Crippen LogP contribution in [0, 0.1) is 10.1 Å². The van der Waals surface area contributed by atoms with Crippen LogP contribution in [0.1, 0.15) is 15.9 Å². The van der Waals surface area contributed by atoms with Gasteiger partial charge < -0.3 is 19.9 Å². The summed E-state index contributed by atoms with van der Waals surface area (Å²) in [6.45, 7) is 1.36. The number of nitro benzene ring substituents is 1. The van der Waals surface area contributed by atoms with Crippen LogP contribution >= 0.6 is 23.2 Å². The predicted molar refractivity (Wildman–Crippen MR) is 107 cm³/mol. The highest BCUT2D eigenvalue weighted by atomic mass is 35.5. The Balaban J connectivity index is 2.86. The molecule has 0 unspecified atom stereocenters. The van der Waals surface area contributed by atoms with Crippen molar-refractivity contribution in [3.05, 3.63) is 39.4 Å². The van der Waals surface area contributed by atoms with E-state index in [0.717, 1.165) is 0 Å². The molecule has 0 heterocycles. The first-order valence-electron chi connectivity index (χ1n) is 8.54. The summed E-state index contributed by atoms with van der Waals surface area (Å²) in [7, 11) is 3.70. The van der Waals surface area contributed by atoms with Gasteiger partial charge in [-0.15, -0.1) is 23.2 Å². The van der Waals surface area contributed by atoms with E-state index in [-0.39, 0.29) is 42.7 Å². The van der Waals surface area contributed by atoms with Gasteiger partial charge in [-0.25, -0.2) is 4.79 Å². The minimum Gasteiger partial charge on any atom is -0.445 e. The molecule has 2 amide bonds. The monoisotopic (exact) mass is 434 g/mol. The molecule has 1 N–H and O–H groups in total. The van der Waals surface area contributed by atoms with E-state index in [2.05, 4.69) is 5.32 Å². The van der Waals surface area contributed by atoms with E-state index in [1.807, 2.05) is 19.0 Å². The fourth-order valence-electron chi connectivity index (χ4n) is 2.24. The van der Waals surface area contributed by atoms with E-state index in [4.69, 9.17) is 27.9 Å². The van der Waals surface area contributed by atoms with Crippen LogP contribution in [0.4, 0.5) is 10.5 Å². The Morgan fingerprint density at radius 1 is 1.18 bits per heavy atom. The smallest absolute Gasteiger partial charge is 0.410 e. The summed E-state index contributed by atoms with van der Waals surface area (Å²) < 4.78 is 5.20. The molecule has 0 bridgehead atoms. The number of nitrogens with zero attached hydrogens (tertiary/aromatic N) is 3. The zero-order valence-corrected chi connectivity index (χ0v) is 17.3. The number of nitro groups is 1. The van der Waals surface area contributed by atoms with Crippen molar-refractivity contribution < 1.29 is 19.2 Å². The number of rotatable bonds is 11. The molecule has 0 aliphatic carbocycles. The number of carbonyl (C=O) groups excluding carboxylic acids is 2. The summed E-state index contributed by atoms with van der Waals surface area (Å²) in [6.07, 6.45) is -0.600. The summed E-state index contributed by atoms with van der Waals surface area (Å²) >= 11 is 11.3. The van der Waals surface area contributed by atoms with Crippen LogP contribution in [0.3, 0.4) is 0 Å². The number of hydrogen-bond donors (Lipinski definition) is 1. The molecule has 156 valence electrons. The third-order valence-corrected chi connectivity index (χ3v) is 4.01. The molecule has 0 atom stereocenters. The van der Waals surface area contributed by atoms with E-state index in [0.29, 0.717) is 18.7 Å². The molecule has 28 heavy (non-hydrogen) atoms. The van der Waals surface area contributed by atoms with E-state index >= 15 is 0 Å². The minimum atomic E-state index is -0.626. The molecule has 1 aromatic rings. The molecule has 0 aromatic heterocycles. The van der Waals surface area contributed by atoms with Gasteiger partial charge >= 0.3 is 6.09 Å². The number of likely N-dealkylation sites (N-methyl/N-ethyl adjacent to an activating group) is 1. The first-order valence-corrected chi connectivity index (χ1v) is 9.61. The summed E-state index contributed by atoms with van der Waals surface area (Å²) in [4.78, 5) is 38.3. The molecule has 0 saturated heterocycles. The summed E-state index contributed by atoms with van der Waals surface area (Å²) in [6, 6.07) is 4.01. The van der Waals surface area contributed by atoms with Crippen LogP contribution in [0.2, 0.25) is 0 Å². The molecule has 0 aliphatic heterocycles. The standard InChI is InChI=1S/C17H24Cl2N4O5/c1-21(2)10-7-20-16(24)14-11-13(3-4-15(14)23(26)27)12-28-17(25)22(8-5-18)9-6-19/h3-4,11H,5-10,12H2,1-2H3,(H,20,24). The number of carbonyl (C=O) groups is 2. The van der Waals surface area contributed by atoms with E-state index in [9.17, 15) is 19.7 Å². The third-order valence-electron chi connectivity index (χ3n) is 3.68. The largest absolute Gasteiger partial charge is 0.445 e. The van der Waals surface area contributed by atoms with Crippen molar-refractivity contribution in [2.75, 3.05) is 52.0 Å². The summed E-state index contributed by atoms with van der Waals surface area (Å²) in [5, 5.41) is 13.9. The number of halogens is 2. The minimum absolute atomic E-state index is 0.0873. The highest BCUT2D eigenvalue weighted by Crippen LogP contribution is 2.21. The Labute approximate surface area is 173 Å². The Kier molecular flexibility index (Phi) is 10.6. The van der Waals surface area contributed by atoms with Gasteiger partial charge in [-0.2, -0.15) is 0 Å². The highest BCUT2D eigenvalue weighted by molar-refractivity contribution is 6.18. The lowest BCUT2D eigenvalue weighted by atomic mass is 10.1. The van der Waals surface area contributed by atoms with Crippen molar-refractivity contribution in [2.24, 2.45) is 0 Å². The zero-order chi connectivity index (χ0) is 21.1. The number of benzene rings is 1. The fourth-order valence-corrected chi connectivity index (χ4v) is 2.65. The lowest BCUT2D eigenvalue weighted by Gasteiger charge is -2.20. The Hall–Kier alpha value is -2.10. The van der Waals surface area contributed by atoms with Crippen molar-refractivity contribution in [1.29, 1.82) is 0 Å². The lowest BCUT2D eigenvalue weighted by molar-refractivity contribution is -0.385. The van der Waals surface area contributed by atoms with Crippen molar-refractivity contribution >= 4 is 40.9 Å². The van der Waals surface area contributed by atoms with Gasteiger partial charge in [0.1, 0.15) is 12.2 Å². The second-order valence-corrected chi connectivity index (χ2v) is 6.84. The summed E-state index contributed by atoms with van der Waals surface area (Å²) in [5.41, 5.74) is 0.0485. The van der Waals surface area contributed by atoms with Gasteiger partial charge in [-0.1, -0.05) is 0 Å². The van der Waals surface area contributed by atoms with Gasteiger partial charge in [-0.3, -0.25) is 14.9 Å².